The lowest BCUT2D eigenvalue weighted by Crippen LogP contribution is -2.27. The molecule has 0 bridgehead atoms. The summed E-state index contributed by atoms with van der Waals surface area (Å²) in [5.74, 6) is 2.25. The summed E-state index contributed by atoms with van der Waals surface area (Å²) in [7, 11) is 4.59. The summed E-state index contributed by atoms with van der Waals surface area (Å²) in [6.07, 6.45) is 36.7. The standard InChI is InChI=1S/C32H65N/c1-5-7-9-11-14-19-23-27-32(33(3)4)28-24-20-16-13-15-18-22-26-31-29-30(31)25-21-17-12-10-8-6-2/h30-32H,5-29H2,1-4H3/t30-,31-,32?/m1/s1. The lowest BCUT2D eigenvalue weighted by Gasteiger charge is -2.24. The van der Waals surface area contributed by atoms with Gasteiger partial charge < -0.3 is 4.90 Å². The van der Waals surface area contributed by atoms with Crippen LogP contribution < -0.4 is 0 Å². The lowest BCUT2D eigenvalue weighted by atomic mass is 9.99. The molecule has 1 aliphatic rings. The van der Waals surface area contributed by atoms with Crippen molar-refractivity contribution in [2.24, 2.45) is 11.8 Å². The predicted molar refractivity (Wildman–Crippen MR) is 151 cm³/mol. The Bertz CT molecular complexity index is 390. The number of rotatable bonds is 26. The van der Waals surface area contributed by atoms with Crippen LogP contribution in [0.1, 0.15) is 174 Å². The molecule has 1 unspecified atom stereocenters. The van der Waals surface area contributed by atoms with Gasteiger partial charge in [-0.3, -0.25) is 0 Å². The first kappa shape index (κ1) is 31.0. The van der Waals surface area contributed by atoms with Gasteiger partial charge in [0, 0.05) is 6.04 Å². The summed E-state index contributed by atoms with van der Waals surface area (Å²) in [6.45, 7) is 4.62. The molecule has 1 fully saturated rings. The van der Waals surface area contributed by atoms with E-state index in [9.17, 15) is 0 Å². The van der Waals surface area contributed by atoms with Crippen molar-refractivity contribution in [3.8, 4) is 0 Å². The van der Waals surface area contributed by atoms with Crippen LogP contribution >= 0.6 is 0 Å². The molecule has 0 amide bonds. The highest BCUT2D eigenvalue weighted by molar-refractivity contribution is 4.85. The van der Waals surface area contributed by atoms with Crippen LogP contribution in [0.3, 0.4) is 0 Å². The summed E-state index contributed by atoms with van der Waals surface area (Å²) in [6, 6.07) is 0.823. The Morgan fingerprint density at radius 2 is 0.818 bits per heavy atom. The first-order valence-corrected chi connectivity index (χ1v) is 15.8. The van der Waals surface area contributed by atoms with Gasteiger partial charge in [0.1, 0.15) is 0 Å². The first-order valence-electron chi connectivity index (χ1n) is 15.8. The van der Waals surface area contributed by atoms with E-state index >= 15 is 0 Å². The third-order valence-corrected chi connectivity index (χ3v) is 8.48. The van der Waals surface area contributed by atoms with E-state index in [0.29, 0.717) is 0 Å². The van der Waals surface area contributed by atoms with Crippen LogP contribution in [0.25, 0.3) is 0 Å². The van der Waals surface area contributed by atoms with Gasteiger partial charge >= 0.3 is 0 Å². The van der Waals surface area contributed by atoms with Crippen LogP contribution in [0.4, 0.5) is 0 Å². The minimum atomic E-state index is 0.823. The third-order valence-electron chi connectivity index (χ3n) is 8.48. The third kappa shape index (κ3) is 18.9. The van der Waals surface area contributed by atoms with Crippen LogP contribution in [0.2, 0.25) is 0 Å². The summed E-state index contributed by atoms with van der Waals surface area (Å²) in [5, 5.41) is 0. The minimum Gasteiger partial charge on any atom is -0.306 e. The SMILES string of the molecule is CCCCCCCCCC(CCCCCCCCC[C@@H]1C[C@H]1CCCCCCCC)N(C)C. The lowest BCUT2D eigenvalue weighted by molar-refractivity contribution is 0.251. The van der Waals surface area contributed by atoms with Crippen LogP contribution in [-0.4, -0.2) is 25.0 Å². The molecule has 0 spiro atoms. The van der Waals surface area contributed by atoms with Gasteiger partial charge in [0.15, 0.2) is 0 Å². The molecule has 1 aliphatic carbocycles. The van der Waals surface area contributed by atoms with E-state index in [2.05, 4.69) is 32.8 Å². The zero-order valence-electron chi connectivity index (χ0n) is 23.9. The molecule has 0 aromatic carbocycles. The number of hydrogen-bond acceptors (Lipinski definition) is 1. The van der Waals surface area contributed by atoms with Crippen molar-refractivity contribution in [3.63, 3.8) is 0 Å². The molecule has 0 heterocycles. The maximum Gasteiger partial charge on any atom is 0.00891 e. The highest BCUT2D eigenvalue weighted by atomic mass is 15.1. The average Bonchev–Trinajstić information content (AvgIpc) is 3.56. The van der Waals surface area contributed by atoms with Gasteiger partial charge in [0.25, 0.3) is 0 Å². The molecule has 0 aromatic heterocycles. The minimum absolute atomic E-state index is 0.823. The molecule has 3 atom stereocenters. The van der Waals surface area contributed by atoms with Gasteiger partial charge in [-0.05, 0) is 45.2 Å². The Balaban J connectivity index is 1.84. The summed E-state index contributed by atoms with van der Waals surface area (Å²) >= 11 is 0. The predicted octanol–water partition coefficient (Wildman–Crippen LogP) is 11.0. The highest BCUT2D eigenvalue weighted by Crippen LogP contribution is 2.45. The van der Waals surface area contributed by atoms with Gasteiger partial charge in [0.05, 0.1) is 0 Å². The van der Waals surface area contributed by atoms with Crippen molar-refractivity contribution in [2.45, 2.75) is 180 Å². The fourth-order valence-electron chi connectivity index (χ4n) is 5.87. The van der Waals surface area contributed by atoms with E-state index in [-0.39, 0.29) is 0 Å². The molecular formula is C32H65N. The van der Waals surface area contributed by atoms with Gasteiger partial charge in [-0.1, -0.05) is 155 Å². The van der Waals surface area contributed by atoms with Gasteiger partial charge in [0.2, 0.25) is 0 Å². The molecular weight excluding hydrogens is 398 g/mol. The van der Waals surface area contributed by atoms with Crippen LogP contribution in [0.15, 0.2) is 0 Å². The van der Waals surface area contributed by atoms with Crippen molar-refractivity contribution in [2.75, 3.05) is 14.1 Å². The summed E-state index contributed by atoms with van der Waals surface area (Å²) in [5.41, 5.74) is 0. The smallest absolute Gasteiger partial charge is 0.00891 e. The Hall–Kier alpha value is -0.0400. The molecule has 1 saturated carbocycles. The normalized spacial score (nSPS) is 18.8. The van der Waals surface area contributed by atoms with Gasteiger partial charge in [-0.25, -0.2) is 0 Å². The van der Waals surface area contributed by atoms with Crippen LogP contribution in [0, 0.1) is 11.8 Å². The highest BCUT2D eigenvalue weighted by Gasteiger charge is 2.34. The molecule has 198 valence electrons. The quantitative estimate of drug-likeness (QED) is 0.115. The van der Waals surface area contributed by atoms with E-state index in [1.807, 2.05) is 0 Å². The largest absolute Gasteiger partial charge is 0.306 e. The Morgan fingerprint density at radius 3 is 1.18 bits per heavy atom. The monoisotopic (exact) mass is 464 g/mol. The zero-order chi connectivity index (χ0) is 24.0. The topological polar surface area (TPSA) is 3.24 Å². The fraction of sp³-hybridized carbons (Fsp3) is 1.00. The Kier molecular flexibility index (Phi) is 21.1. The Labute approximate surface area is 211 Å². The second-order valence-corrected chi connectivity index (χ2v) is 11.9. The first-order chi connectivity index (χ1) is 16.2. The van der Waals surface area contributed by atoms with E-state index in [1.165, 1.54) is 141 Å². The van der Waals surface area contributed by atoms with E-state index in [4.69, 9.17) is 0 Å². The second-order valence-electron chi connectivity index (χ2n) is 11.9. The number of hydrogen-bond donors (Lipinski definition) is 0. The van der Waals surface area contributed by atoms with Crippen LogP contribution in [-0.2, 0) is 0 Å². The molecule has 33 heavy (non-hydrogen) atoms. The molecule has 0 aliphatic heterocycles. The summed E-state index contributed by atoms with van der Waals surface area (Å²) in [4.78, 5) is 2.49. The molecule has 0 saturated heterocycles. The molecule has 0 radical (unpaired) electrons. The van der Waals surface area contributed by atoms with E-state index in [0.717, 1.165) is 17.9 Å². The second kappa shape index (κ2) is 22.4. The van der Waals surface area contributed by atoms with Gasteiger partial charge in [-0.15, -0.1) is 0 Å². The number of unbranched alkanes of at least 4 members (excludes halogenated alkanes) is 17. The molecule has 0 N–H and O–H groups in total. The Morgan fingerprint density at radius 1 is 0.485 bits per heavy atom. The molecule has 0 aromatic rings. The van der Waals surface area contributed by atoms with Crippen molar-refractivity contribution in [1.29, 1.82) is 0 Å². The fourth-order valence-corrected chi connectivity index (χ4v) is 5.87. The van der Waals surface area contributed by atoms with Crippen molar-refractivity contribution in [3.05, 3.63) is 0 Å². The van der Waals surface area contributed by atoms with Crippen molar-refractivity contribution in [1.82, 2.24) is 4.90 Å². The molecule has 1 heteroatoms. The average molecular weight is 464 g/mol. The summed E-state index contributed by atoms with van der Waals surface area (Å²) < 4.78 is 0. The van der Waals surface area contributed by atoms with Gasteiger partial charge in [-0.2, -0.15) is 0 Å². The van der Waals surface area contributed by atoms with Crippen LogP contribution in [0.5, 0.6) is 0 Å². The van der Waals surface area contributed by atoms with E-state index < -0.39 is 0 Å². The number of nitrogens with zero attached hydrogens (tertiary/aromatic N) is 1. The maximum atomic E-state index is 2.49. The zero-order valence-corrected chi connectivity index (χ0v) is 23.9. The maximum absolute atomic E-state index is 2.49. The van der Waals surface area contributed by atoms with Crippen molar-refractivity contribution < 1.29 is 0 Å². The molecule has 1 nitrogen and oxygen atoms in total. The molecule has 1 rings (SSSR count). The van der Waals surface area contributed by atoms with E-state index in [1.54, 1.807) is 19.3 Å². The van der Waals surface area contributed by atoms with Crippen molar-refractivity contribution >= 4 is 0 Å².